The summed E-state index contributed by atoms with van der Waals surface area (Å²) in [5.41, 5.74) is 8.17. The summed E-state index contributed by atoms with van der Waals surface area (Å²) in [4.78, 5) is 4.33. The summed E-state index contributed by atoms with van der Waals surface area (Å²) in [7, 11) is 0. The van der Waals surface area contributed by atoms with Gasteiger partial charge in [0.05, 0.1) is 0 Å². The Morgan fingerprint density at radius 3 is 2.81 bits per heavy atom. The number of hydrogen-bond donors (Lipinski definition) is 1. The predicted octanol–water partition coefficient (Wildman–Crippen LogP) is 4.70. The van der Waals surface area contributed by atoms with E-state index in [1.165, 1.54) is 0 Å². The van der Waals surface area contributed by atoms with Crippen LogP contribution < -0.4 is 10.5 Å². The molecule has 0 fully saturated rings. The third kappa shape index (κ3) is 2.89. The van der Waals surface area contributed by atoms with Gasteiger partial charge < -0.3 is 10.5 Å². The van der Waals surface area contributed by atoms with E-state index in [9.17, 15) is 0 Å². The Morgan fingerprint density at radius 1 is 1.10 bits per heavy atom. The van der Waals surface area contributed by atoms with Gasteiger partial charge in [-0.3, -0.25) is 4.98 Å². The number of benzene rings is 2. The molecule has 0 radical (unpaired) electrons. The molecule has 0 aliphatic heterocycles. The molecule has 0 unspecified atom stereocenters. The molecular weight excluding hydrogens is 307 g/mol. The Labute approximate surface area is 132 Å². The van der Waals surface area contributed by atoms with Crippen LogP contribution in [0.1, 0.15) is 5.56 Å². The van der Waals surface area contributed by atoms with E-state index in [2.05, 4.69) is 4.98 Å². The van der Waals surface area contributed by atoms with E-state index in [0.717, 1.165) is 16.5 Å². The summed E-state index contributed by atoms with van der Waals surface area (Å²) < 4.78 is 5.84. The Morgan fingerprint density at radius 2 is 1.95 bits per heavy atom. The topological polar surface area (TPSA) is 48.1 Å². The van der Waals surface area contributed by atoms with Gasteiger partial charge in [0, 0.05) is 32.9 Å². The molecule has 0 atom stereocenters. The lowest BCUT2D eigenvalue weighted by molar-refractivity contribution is 0.309. The first-order valence-electron chi connectivity index (χ1n) is 6.35. The predicted molar refractivity (Wildman–Crippen MR) is 86.9 cm³/mol. The molecule has 3 rings (SSSR count). The number of fused-ring (bicyclic) bond motifs is 1. The number of aromatic nitrogens is 1. The molecule has 2 N–H and O–H groups in total. The molecular formula is C16H12Cl2N2O. The number of ether oxygens (including phenoxy) is 1. The van der Waals surface area contributed by atoms with Crippen molar-refractivity contribution in [3.8, 4) is 5.75 Å². The van der Waals surface area contributed by atoms with Crippen molar-refractivity contribution in [2.75, 3.05) is 5.73 Å². The average molecular weight is 319 g/mol. The standard InChI is InChI=1S/C16H12Cl2N2O/c17-11-3-4-13(18)10(8-11)9-21-15-6-5-14(19)12-2-1-7-20-16(12)15/h1-8H,9,19H2. The normalized spacial score (nSPS) is 10.8. The van der Waals surface area contributed by atoms with Gasteiger partial charge in [-0.2, -0.15) is 0 Å². The maximum Gasteiger partial charge on any atom is 0.146 e. The van der Waals surface area contributed by atoms with E-state index in [0.29, 0.717) is 28.1 Å². The van der Waals surface area contributed by atoms with Crippen molar-refractivity contribution in [2.45, 2.75) is 6.61 Å². The number of rotatable bonds is 3. The van der Waals surface area contributed by atoms with Crippen LogP contribution in [0.5, 0.6) is 5.75 Å². The third-order valence-electron chi connectivity index (χ3n) is 3.16. The number of hydrogen-bond acceptors (Lipinski definition) is 3. The molecule has 0 saturated heterocycles. The lowest BCUT2D eigenvalue weighted by Gasteiger charge is -2.11. The highest BCUT2D eigenvalue weighted by Crippen LogP contribution is 2.29. The van der Waals surface area contributed by atoms with Crippen molar-refractivity contribution < 1.29 is 4.74 Å². The maximum absolute atomic E-state index is 6.13. The summed E-state index contributed by atoms with van der Waals surface area (Å²) in [5.74, 6) is 0.663. The van der Waals surface area contributed by atoms with Gasteiger partial charge in [-0.05, 0) is 42.5 Å². The van der Waals surface area contributed by atoms with E-state index >= 15 is 0 Å². The van der Waals surface area contributed by atoms with Crippen LogP contribution in [-0.4, -0.2) is 4.98 Å². The SMILES string of the molecule is Nc1ccc(OCc2cc(Cl)ccc2Cl)c2ncccc12. The molecule has 106 valence electrons. The lowest BCUT2D eigenvalue weighted by atomic mass is 10.1. The Bertz CT molecular complexity index is 805. The second kappa shape index (κ2) is 5.80. The van der Waals surface area contributed by atoms with Crippen LogP contribution in [-0.2, 0) is 6.61 Å². The van der Waals surface area contributed by atoms with Crippen molar-refractivity contribution in [3.05, 3.63) is 64.3 Å². The van der Waals surface area contributed by atoms with Crippen LogP contribution in [0.3, 0.4) is 0 Å². The second-order valence-electron chi connectivity index (χ2n) is 4.58. The van der Waals surface area contributed by atoms with Gasteiger partial charge in [0.1, 0.15) is 17.9 Å². The molecule has 0 bridgehead atoms. The summed E-state index contributed by atoms with van der Waals surface area (Å²) in [6.45, 7) is 0.314. The van der Waals surface area contributed by atoms with Crippen LogP contribution in [0.25, 0.3) is 10.9 Å². The first kappa shape index (κ1) is 14.0. The van der Waals surface area contributed by atoms with Gasteiger partial charge in [0.2, 0.25) is 0 Å². The molecule has 1 aromatic heterocycles. The molecule has 3 aromatic rings. The zero-order valence-corrected chi connectivity index (χ0v) is 12.5. The van der Waals surface area contributed by atoms with Crippen molar-refractivity contribution in [1.82, 2.24) is 4.98 Å². The fraction of sp³-hybridized carbons (Fsp3) is 0.0625. The number of nitrogen functional groups attached to an aromatic ring is 1. The number of nitrogens with zero attached hydrogens (tertiary/aromatic N) is 1. The fourth-order valence-electron chi connectivity index (χ4n) is 2.09. The average Bonchev–Trinajstić information content (AvgIpc) is 2.50. The molecule has 3 nitrogen and oxygen atoms in total. The molecule has 0 spiro atoms. The summed E-state index contributed by atoms with van der Waals surface area (Å²) in [6.07, 6.45) is 1.71. The van der Waals surface area contributed by atoms with Crippen LogP contribution in [0.4, 0.5) is 5.69 Å². The first-order chi connectivity index (χ1) is 10.1. The maximum atomic E-state index is 6.13. The molecule has 0 saturated carbocycles. The van der Waals surface area contributed by atoms with E-state index in [4.69, 9.17) is 33.7 Å². The minimum absolute atomic E-state index is 0.314. The molecule has 21 heavy (non-hydrogen) atoms. The van der Waals surface area contributed by atoms with Crippen LogP contribution in [0.15, 0.2) is 48.7 Å². The zero-order valence-electron chi connectivity index (χ0n) is 11.0. The summed E-state index contributed by atoms with van der Waals surface area (Å²) >= 11 is 12.1. The highest BCUT2D eigenvalue weighted by atomic mass is 35.5. The number of halogens is 2. The highest BCUT2D eigenvalue weighted by molar-refractivity contribution is 6.33. The van der Waals surface area contributed by atoms with E-state index < -0.39 is 0 Å². The van der Waals surface area contributed by atoms with Crippen molar-refractivity contribution in [2.24, 2.45) is 0 Å². The summed E-state index contributed by atoms with van der Waals surface area (Å²) in [6, 6.07) is 12.7. The third-order valence-corrected chi connectivity index (χ3v) is 3.76. The van der Waals surface area contributed by atoms with Gasteiger partial charge in [-0.1, -0.05) is 23.2 Å². The fourth-order valence-corrected chi connectivity index (χ4v) is 2.46. The minimum atomic E-state index is 0.314. The van der Waals surface area contributed by atoms with Crippen molar-refractivity contribution >= 4 is 39.8 Å². The minimum Gasteiger partial charge on any atom is -0.487 e. The molecule has 5 heteroatoms. The highest BCUT2D eigenvalue weighted by Gasteiger charge is 2.08. The number of anilines is 1. The van der Waals surface area contributed by atoms with E-state index in [1.54, 1.807) is 30.5 Å². The summed E-state index contributed by atoms with van der Waals surface area (Å²) in [5, 5.41) is 2.11. The van der Waals surface area contributed by atoms with Crippen LogP contribution in [0, 0.1) is 0 Å². The van der Waals surface area contributed by atoms with Crippen LogP contribution in [0.2, 0.25) is 10.0 Å². The molecule has 2 aromatic carbocycles. The van der Waals surface area contributed by atoms with Gasteiger partial charge >= 0.3 is 0 Å². The Hall–Kier alpha value is -1.97. The van der Waals surface area contributed by atoms with Gasteiger partial charge in [0.25, 0.3) is 0 Å². The van der Waals surface area contributed by atoms with E-state index in [-0.39, 0.29) is 0 Å². The second-order valence-corrected chi connectivity index (χ2v) is 5.42. The van der Waals surface area contributed by atoms with Gasteiger partial charge in [-0.15, -0.1) is 0 Å². The smallest absolute Gasteiger partial charge is 0.146 e. The van der Waals surface area contributed by atoms with E-state index in [1.807, 2.05) is 18.2 Å². The first-order valence-corrected chi connectivity index (χ1v) is 7.10. The molecule has 0 aliphatic rings. The molecule has 0 aliphatic carbocycles. The van der Waals surface area contributed by atoms with Crippen LogP contribution >= 0.6 is 23.2 Å². The number of nitrogens with two attached hydrogens (primary N) is 1. The quantitative estimate of drug-likeness (QED) is 0.712. The molecule has 0 amide bonds. The monoisotopic (exact) mass is 318 g/mol. The Kier molecular flexibility index (Phi) is 3.86. The molecule has 1 heterocycles. The van der Waals surface area contributed by atoms with Crippen molar-refractivity contribution in [3.63, 3.8) is 0 Å². The lowest BCUT2D eigenvalue weighted by Crippen LogP contribution is -1.99. The Balaban J connectivity index is 1.92. The van der Waals surface area contributed by atoms with Gasteiger partial charge in [0.15, 0.2) is 0 Å². The van der Waals surface area contributed by atoms with Crippen molar-refractivity contribution in [1.29, 1.82) is 0 Å². The van der Waals surface area contributed by atoms with Gasteiger partial charge in [-0.25, -0.2) is 0 Å². The number of pyridine rings is 1. The zero-order chi connectivity index (χ0) is 14.8. The largest absolute Gasteiger partial charge is 0.487 e.